The molecule has 1 aromatic rings. The van der Waals surface area contributed by atoms with Gasteiger partial charge in [0, 0.05) is 18.7 Å². The second-order valence-electron chi connectivity index (χ2n) is 4.78. The molecular formula is C14H20N2O. The molecule has 0 bridgehead atoms. The van der Waals surface area contributed by atoms with Crippen molar-refractivity contribution >= 4 is 5.91 Å². The molecule has 1 atom stereocenters. The van der Waals surface area contributed by atoms with Gasteiger partial charge in [0.05, 0.1) is 0 Å². The van der Waals surface area contributed by atoms with Gasteiger partial charge in [-0.25, -0.2) is 0 Å². The first-order valence-corrected chi connectivity index (χ1v) is 6.22. The average Bonchev–Trinajstić information content (AvgIpc) is 2.78. The first-order valence-electron chi connectivity index (χ1n) is 6.22. The van der Waals surface area contributed by atoms with Gasteiger partial charge < -0.3 is 10.2 Å². The summed E-state index contributed by atoms with van der Waals surface area (Å²) >= 11 is 0. The van der Waals surface area contributed by atoms with E-state index in [1.165, 1.54) is 0 Å². The van der Waals surface area contributed by atoms with Crippen molar-refractivity contribution in [1.82, 2.24) is 10.2 Å². The predicted octanol–water partition coefficient (Wildman–Crippen LogP) is 1.68. The summed E-state index contributed by atoms with van der Waals surface area (Å²) in [6.07, 6.45) is 1.11. The molecule has 0 radical (unpaired) electrons. The maximum absolute atomic E-state index is 12.3. The van der Waals surface area contributed by atoms with E-state index in [9.17, 15) is 4.79 Å². The van der Waals surface area contributed by atoms with Crippen LogP contribution >= 0.6 is 0 Å². The Kier molecular flexibility index (Phi) is 3.79. The summed E-state index contributed by atoms with van der Waals surface area (Å²) in [5, 5.41) is 3.18. The lowest BCUT2D eigenvalue weighted by atomic mass is 10.1. The molecule has 1 aromatic carbocycles. The predicted molar refractivity (Wildman–Crippen MR) is 69.1 cm³/mol. The van der Waals surface area contributed by atoms with E-state index in [0.29, 0.717) is 5.92 Å². The molecule has 1 heterocycles. The molecule has 1 amide bonds. The zero-order chi connectivity index (χ0) is 12.3. The van der Waals surface area contributed by atoms with Crippen molar-refractivity contribution in [3.63, 3.8) is 0 Å². The number of carbonyl (C=O) groups excluding carboxylic acids is 1. The smallest absolute Gasteiger partial charge is 0.254 e. The zero-order valence-electron chi connectivity index (χ0n) is 10.6. The van der Waals surface area contributed by atoms with Crippen molar-refractivity contribution in [2.45, 2.75) is 13.3 Å². The fourth-order valence-electron chi connectivity index (χ4n) is 2.46. The molecule has 0 spiro atoms. The van der Waals surface area contributed by atoms with E-state index >= 15 is 0 Å². The fourth-order valence-corrected chi connectivity index (χ4v) is 2.46. The third-order valence-electron chi connectivity index (χ3n) is 3.44. The monoisotopic (exact) mass is 232 g/mol. The van der Waals surface area contributed by atoms with Crippen LogP contribution in [0.15, 0.2) is 24.3 Å². The number of carbonyl (C=O) groups is 1. The maximum atomic E-state index is 12.3. The van der Waals surface area contributed by atoms with Crippen LogP contribution in [-0.4, -0.2) is 37.5 Å². The average molecular weight is 232 g/mol. The highest BCUT2D eigenvalue weighted by Crippen LogP contribution is 2.19. The van der Waals surface area contributed by atoms with E-state index in [4.69, 9.17) is 0 Å². The SMILES string of the molecule is CNC[C@@H]1CCN(C(=O)c2ccccc2C)C1. The molecule has 1 fully saturated rings. The minimum Gasteiger partial charge on any atom is -0.338 e. The van der Waals surface area contributed by atoms with E-state index in [0.717, 1.165) is 37.2 Å². The molecule has 3 heteroatoms. The highest BCUT2D eigenvalue weighted by molar-refractivity contribution is 5.95. The van der Waals surface area contributed by atoms with Gasteiger partial charge in [0.1, 0.15) is 0 Å². The summed E-state index contributed by atoms with van der Waals surface area (Å²) in [5.41, 5.74) is 1.91. The number of benzene rings is 1. The lowest BCUT2D eigenvalue weighted by Gasteiger charge is -2.17. The Balaban J connectivity index is 2.05. The Morgan fingerprint density at radius 3 is 2.94 bits per heavy atom. The summed E-state index contributed by atoms with van der Waals surface area (Å²) in [4.78, 5) is 14.3. The van der Waals surface area contributed by atoms with Crippen LogP contribution in [0.5, 0.6) is 0 Å². The van der Waals surface area contributed by atoms with Crippen LogP contribution in [0.25, 0.3) is 0 Å². The van der Waals surface area contributed by atoms with Crippen LogP contribution in [0.3, 0.4) is 0 Å². The number of nitrogens with one attached hydrogen (secondary N) is 1. The number of nitrogens with zero attached hydrogens (tertiary/aromatic N) is 1. The maximum Gasteiger partial charge on any atom is 0.254 e. The lowest BCUT2D eigenvalue weighted by molar-refractivity contribution is 0.0786. The summed E-state index contributed by atoms with van der Waals surface area (Å²) in [7, 11) is 1.96. The molecule has 3 nitrogen and oxygen atoms in total. The molecule has 92 valence electrons. The van der Waals surface area contributed by atoms with E-state index in [1.54, 1.807) is 0 Å². The molecule has 0 unspecified atom stereocenters. The van der Waals surface area contributed by atoms with Gasteiger partial charge in [-0.15, -0.1) is 0 Å². The quantitative estimate of drug-likeness (QED) is 0.860. The third-order valence-corrected chi connectivity index (χ3v) is 3.44. The molecule has 1 aliphatic rings. The van der Waals surface area contributed by atoms with Crippen LogP contribution in [0.1, 0.15) is 22.3 Å². The van der Waals surface area contributed by atoms with Crippen molar-refractivity contribution in [3.8, 4) is 0 Å². The number of hydrogen-bond donors (Lipinski definition) is 1. The number of rotatable bonds is 3. The molecule has 0 saturated carbocycles. The van der Waals surface area contributed by atoms with Gasteiger partial charge >= 0.3 is 0 Å². The second-order valence-corrected chi connectivity index (χ2v) is 4.78. The van der Waals surface area contributed by atoms with E-state index in [-0.39, 0.29) is 5.91 Å². The highest BCUT2D eigenvalue weighted by atomic mass is 16.2. The Morgan fingerprint density at radius 1 is 1.47 bits per heavy atom. The molecule has 17 heavy (non-hydrogen) atoms. The van der Waals surface area contributed by atoms with Crippen LogP contribution in [-0.2, 0) is 0 Å². The number of aryl methyl sites for hydroxylation is 1. The van der Waals surface area contributed by atoms with Gasteiger partial charge in [-0.1, -0.05) is 18.2 Å². The summed E-state index contributed by atoms with van der Waals surface area (Å²) in [6, 6.07) is 7.82. The largest absolute Gasteiger partial charge is 0.338 e. The van der Waals surface area contributed by atoms with Crippen LogP contribution in [0.4, 0.5) is 0 Å². The Labute approximate surface area is 103 Å². The summed E-state index contributed by atoms with van der Waals surface area (Å²) in [5.74, 6) is 0.787. The van der Waals surface area contributed by atoms with Crippen molar-refractivity contribution in [3.05, 3.63) is 35.4 Å². The summed E-state index contributed by atoms with van der Waals surface area (Å²) in [6.45, 7) is 4.76. The Morgan fingerprint density at radius 2 is 2.24 bits per heavy atom. The molecule has 2 rings (SSSR count). The molecule has 1 aliphatic heterocycles. The van der Waals surface area contributed by atoms with Crippen molar-refractivity contribution in [2.24, 2.45) is 5.92 Å². The normalized spacial score (nSPS) is 19.6. The second kappa shape index (κ2) is 5.32. The molecule has 1 saturated heterocycles. The minimum absolute atomic E-state index is 0.182. The van der Waals surface area contributed by atoms with Gasteiger partial charge in [0.2, 0.25) is 0 Å². The molecule has 1 N–H and O–H groups in total. The number of likely N-dealkylation sites (tertiary alicyclic amines) is 1. The number of hydrogen-bond acceptors (Lipinski definition) is 2. The molecule has 0 aliphatic carbocycles. The van der Waals surface area contributed by atoms with Gasteiger partial charge in [0.25, 0.3) is 5.91 Å². The zero-order valence-corrected chi connectivity index (χ0v) is 10.6. The van der Waals surface area contributed by atoms with Crippen molar-refractivity contribution < 1.29 is 4.79 Å². The topological polar surface area (TPSA) is 32.3 Å². The first-order chi connectivity index (χ1) is 8.22. The van der Waals surface area contributed by atoms with Gasteiger partial charge in [-0.2, -0.15) is 0 Å². The fraction of sp³-hybridized carbons (Fsp3) is 0.500. The summed E-state index contributed by atoms with van der Waals surface area (Å²) < 4.78 is 0. The van der Waals surface area contributed by atoms with Gasteiger partial charge in [0.15, 0.2) is 0 Å². The van der Waals surface area contributed by atoms with Gasteiger partial charge in [-0.3, -0.25) is 4.79 Å². The molecule has 0 aromatic heterocycles. The van der Waals surface area contributed by atoms with E-state index < -0.39 is 0 Å². The number of amides is 1. The highest BCUT2D eigenvalue weighted by Gasteiger charge is 2.26. The van der Waals surface area contributed by atoms with Crippen molar-refractivity contribution in [2.75, 3.05) is 26.7 Å². The third kappa shape index (κ3) is 2.67. The standard InChI is InChI=1S/C14H20N2O/c1-11-5-3-4-6-13(11)14(17)16-8-7-12(10-16)9-15-2/h3-6,12,15H,7-10H2,1-2H3/t12-/m0/s1. The Hall–Kier alpha value is -1.35. The lowest BCUT2D eigenvalue weighted by Crippen LogP contribution is -2.30. The van der Waals surface area contributed by atoms with Crippen LogP contribution in [0, 0.1) is 12.8 Å². The van der Waals surface area contributed by atoms with Gasteiger partial charge in [-0.05, 0) is 44.5 Å². The van der Waals surface area contributed by atoms with Crippen LogP contribution < -0.4 is 5.32 Å². The minimum atomic E-state index is 0.182. The molecular weight excluding hydrogens is 212 g/mol. The van der Waals surface area contributed by atoms with E-state index in [2.05, 4.69) is 5.32 Å². The van der Waals surface area contributed by atoms with Crippen molar-refractivity contribution in [1.29, 1.82) is 0 Å². The first kappa shape index (κ1) is 12.1. The van der Waals surface area contributed by atoms with E-state index in [1.807, 2.05) is 43.1 Å². The Bertz CT molecular complexity index is 403. The van der Waals surface area contributed by atoms with Crippen LogP contribution in [0.2, 0.25) is 0 Å².